The van der Waals surface area contributed by atoms with Crippen LogP contribution in [0.3, 0.4) is 0 Å². The van der Waals surface area contributed by atoms with E-state index in [0.717, 1.165) is 10.5 Å². The first-order valence-corrected chi connectivity index (χ1v) is 7.49. The summed E-state index contributed by atoms with van der Waals surface area (Å²) < 4.78 is 12.7. The number of carbonyl (C=O) groups is 3. The number of hydrogen-bond acceptors (Lipinski definition) is 4. The lowest BCUT2D eigenvalue weighted by molar-refractivity contribution is -0.146. The number of nitrogens with one attached hydrogen (secondary N) is 1. The molecule has 0 saturated carbocycles. The maximum Gasteiger partial charge on any atom is 0.242 e. The van der Waals surface area contributed by atoms with Crippen molar-refractivity contribution in [3.05, 3.63) is 35.6 Å². The number of amides is 3. The minimum atomic E-state index is -0.417. The molecule has 0 spiro atoms. The average molecular weight is 310 g/mol. The fraction of sp³-hybridized carbons (Fsp3) is 0.357. The van der Waals surface area contributed by atoms with Crippen LogP contribution >= 0.6 is 11.8 Å². The molecule has 112 valence electrons. The summed E-state index contributed by atoms with van der Waals surface area (Å²) in [7, 11) is 0. The number of benzene rings is 1. The molecule has 0 radical (unpaired) electrons. The molecule has 21 heavy (non-hydrogen) atoms. The fourth-order valence-electron chi connectivity index (χ4n) is 1.86. The lowest BCUT2D eigenvalue weighted by Gasteiger charge is -2.27. The normalized spacial score (nSPS) is 18.8. The lowest BCUT2D eigenvalue weighted by Crippen LogP contribution is -2.50. The smallest absolute Gasteiger partial charge is 0.242 e. The highest BCUT2D eigenvalue weighted by Gasteiger charge is 2.33. The van der Waals surface area contributed by atoms with Gasteiger partial charge in [-0.05, 0) is 24.6 Å². The van der Waals surface area contributed by atoms with Crippen molar-refractivity contribution in [1.82, 2.24) is 10.2 Å². The van der Waals surface area contributed by atoms with Crippen LogP contribution < -0.4 is 5.32 Å². The van der Waals surface area contributed by atoms with Gasteiger partial charge in [-0.3, -0.25) is 19.3 Å². The van der Waals surface area contributed by atoms with Crippen LogP contribution in [0, 0.1) is 5.82 Å². The van der Waals surface area contributed by atoms with Crippen LogP contribution in [0.5, 0.6) is 0 Å². The van der Waals surface area contributed by atoms with Gasteiger partial charge in [0.05, 0.1) is 11.0 Å². The van der Waals surface area contributed by atoms with Crippen LogP contribution in [-0.2, 0) is 20.9 Å². The van der Waals surface area contributed by atoms with Gasteiger partial charge in [-0.1, -0.05) is 12.1 Å². The molecule has 1 saturated heterocycles. The SMILES string of the molecule is CC1SCC(=O)N(CC(=O)NCc2ccc(F)cc2)C1=O. The van der Waals surface area contributed by atoms with Gasteiger partial charge in [-0.2, -0.15) is 0 Å². The number of halogens is 1. The number of imide groups is 1. The molecule has 1 aliphatic rings. The standard InChI is InChI=1S/C14H15FN2O3S/c1-9-14(20)17(13(19)8-21-9)7-12(18)16-6-10-2-4-11(15)5-3-10/h2-5,9H,6-8H2,1H3,(H,16,18). The number of carbonyl (C=O) groups excluding carboxylic acids is 3. The second kappa shape index (κ2) is 6.71. The van der Waals surface area contributed by atoms with Crippen molar-refractivity contribution in [3.63, 3.8) is 0 Å². The zero-order chi connectivity index (χ0) is 15.4. The third kappa shape index (κ3) is 4.04. The molecular weight excluding hydrogens is 295 g/mol. The number of nitrogens with zero attached hydrogens (tertiary/aromatic N) is 1. The van der Waals surface area contributed by atoms with E-state index in [9.17, 15) is 18.8 Å². The Bertz CT molecular complexity index is 562. The highest BCUT2D eigenvalue weighted by molar-refractivity contribution is 8.01. The molecule has 5 nitrogen and oxygen atoms in total. The highest BCUT2D eigenvalue weighted by Crippen LogP contribution is 2.19. The Morgan fingerprint density at radius 2 is 2.05 bits per heavy atom. The predicted molar refractivity (Wildman–Crippen MR) is 76.9 cm³/mol. The van der Waals surface area contributed by atoms with Crippen LogP contribution in [-0.4, -0.2) is 40.2 Å². The summed E-state index contributed by atoms with van der Waals surface area (Å²) in [6.07, 6.45) is 0. The summed E-state index contributed by atoms with van der Waals surface area (Å²) in [5.41, 5.74) is 0.741. The average Bonchev–Trinajstić information content (AvgIpc) is 2.47. The maximum absolute atomic E-state index is 12.7. The van der Waals surface area contributed by atoms with E-state index in [1.165, 1.54) is 23.9 Å². The predicted octanol–water partition coefficient (Wildman–Crippen LogP) is 0.932. The van der Waals surface area contributed by atoms with Crippen molar-refractivity contribution < 1.29 is 18.8 Å². The molecular formula is C14H15FN2O3S. The van der Waals surface area contributed by atoms with Gasteiger partial charge in [-0.25, -0.2) is 4.39 Å². The van der Waals surface area contributed by atoms with E-state index in [-0.39, 0.29) is 41.7 Å². The summed E-state index contributed by atoms with van der Waals surface area (Å²) in [5.74, 6) is -1.24. The van der Waals surface area contributed by atoms with Crippen LogP contribution in [0.4, 0.5) is 4.39 Å². The molecule has 2 rings (SSSR count). The van der Waals surface area contributed by atoms with Gasteiger partial charge in [0.15, 0.2) is 0 Å². The van der Waals surface area contributed by atoms with Gasteiger partial charge in [0.2, 0.25) is 17.7 Å². The summed E-state index contributed by atoms with van der Waals surface area (Å²) in [6.45, 7) is 1.66. The molecule has 7 heteroatoms. The van der Waals surface area contributed by atoms with E-state index in [0.29, 0.717) is 0 Å². The van der Waals surface area contributed by atoms with Crippen molar-refractivity contribution in [1.29, 1.82) is 0 Å². The molecule has 1 aromatic rings. The van der Waals surface area contributed by atoms with E-state index >= 15 is 0 Å². The number of rotatable bonds is 4. The molecule has 1 N–H and O–H groups in total. The van der Waals surface area contributed by atoms with Crippen LogP contribution in [0.1, 0.15) is 12.5 Å². The summed E-state index contributed by atoms with van der Waals surface area (Å²) in [6, 6.07) is 5.73. The molecule has 0 aliphatic carbocycles. The van der Waals surface area contributed by atoms with E-state index in [2.05, 4.69) is 5.32 Å². The van der Waals surface area contributed by atoms with Gasteiger partial charge >= 0.3 is 0 Å². The Morgan fingerprint density at radius 3 is 2.71 bits per heavy atom. The Balaban J connectivity index is 1.87. The van der Waals surface area contributed by atoms with E-state index < -0.39 is 5.91 Å². The zero-order valence-corrected chi connectivity index (χ0v) is 12.3. The van der Waals surface area contributed by atoms with Gasteiger partial charge in [0, 0.05) is 6.54 Å². The Morgan fingerprint density at radius 1 is 1.38 bits per heavy atom. The quantitative estimate of drug-likeness (QED) is 0.840. The minimum Gasteiger partial charge on any atom is -0.350 e. The molecule has 3 amide bonds. The van der Waals surface area contributed by atoms with Gasteiger partial charge in [0.25, 0.3) is 0 Å². The van der Waals surface area contributed by atoms with Crippen LogP contribution in [0.2, 0.25) is 0 Å². The topological polar surface area (TPSA) is 66.5 Å². The Labute approximate surface area is 125 Å². The van der Waals surface area contributed by atoms with Crippen molar-refractivity contribution in [2.24, 2.45) is 0 Å². The largest absolute Gasteiger partial charge is 0.350 e. The van der Waals surface area contributed by atoms with Crippen LogP contribution in [0.25, 0.3) is 0 Å². The third-order valence-corrected chi connectivity index (χ3v) is 4.19. The first-order chi connectivity index (χ1) is 9.97. The van der Waals surface area contributed by atoms with Crippen molar-refractivity contribution in [2.75, 3.05) is 12.3 Å². The summed E-state index contributed by atoms with van der Waals surface area (Å²) in [4.78, 5) is 36.3. The van der Waals surface area contributed by atoms with Gasteiger partial charge in [-0.15, -0.1) is 11.8 Å². The fourth-order valence-corrected chi connectivity index (χ4v) is 2.67. The van der Waals surface area contributed by atoms with Crippen LogP contribution in [0.15, 0.2) is 24.3 Å². The Kier molecular flexibility index (Phi) is 4.95. The van der Waals surface area contributed by atoms with Crippen molar-refractivity contribution >= 4 is 29.5 Å². The second-order valence-corrected chi connectivity index (χ2v) is 6.00. The molecule has 1 atom stereocenters. The van der Waals surface area contributed by atoms with E-state index in [4.69, 9.17) is 0 Å². The van der Waals surface area contributed by atoms with Gasteiger partial charge in [0.1, 0.15) is 12.4 Å². The highest BCUT2D eigenvalue weighted by atomic mass is 32.2. The summed E-state index contributed by atoms with van der Waals surface area (Å²) in [5, 5.41) is 2.29. The van der Waals surface area contributed by atoms with Crippen molar-refractivity contribution in [2.45, 2.75) is 18.7 Å². The molecule has 1 unspecified atom stereocenters. The second-order valence-electron chi connectivity index (χ2n) is 4.67. The monoisotopic (exact) mass is 310 g/mol. The van der Waals surface area contributed by atoms with Gasteiger partial charge < -0.3 is 5.32 Å². The zero-order valence-electron chi connectivity index (χ0n) is 11.5. The lowest BCUT2D eigenvalue weighted by atomic mass is 10.2. The van der Waals surface area contributed by atoms with E-state index in [1.807, 2.05) is 0 Å². The molecule has 1 heterocycles. The third-order valence-electron chi connectivity index (χ3n) is 3.08. The first-order valence-electron chi connectivity index (χ1n) is 6.44. The molecule has 0 aromatic heterocycles. The minimum absolute atomic E-state index is 0.206. The number of hydrogen-bond donors (Lipinski definition) is 1. The first kappa shape index (κ1) is 15.5. The molecule has 0 bridgehead atoms. The maximum atomic E-state index is 12.7. The molecule has 1 aliphatic heterocycles. The summed E-state index contributed by atoms with van der Waals surface area (Å²) >= 11 is 1.27. The Hall–Kier alpha value is -1.89. The van der Waals surface area contributed by atoms with E-state index in [1.54, 1.807) is 19.1 Å². The number of thioether (sulfide) groups is 1. The van der Waals surface area contributed by atoms with Crippen molar-refractivity contribution in [3.8, 4) is 0 Å². The molecule has 1 fully saturated rings. The molecule has 1 aromatic carbocycles.